The summed E-state index contributed by atoms with van der Waals surface area (Å²) in [4.78, 5) is 36.7. The molecule has 0 saturated heterocycles. The van der Waals surface area contributed by atoms with Gasteiger partial charge in [0, 0.05) is 35.3 Å². The van der Waals surface area contributed by atoms with Crippen LogP contribution in [-0.4, -0.2) is 57.7 Å². The van der Waals surface area contributed by atoms with Crippen LogP contribution in [0, 0.1) is 23.4 Å². The molecule has 40 heavy (non-hydrogen) atoms. The fraction of sp³-hybridized carbons (Fsp3) is 0.500. The number of rotatable bonds is 7. The van der Waals surface area contributed by atoms with Crippen LogP contribution in [0.5, 0.6) is 0 Å². The van der Waals surface area contributed by atoms with E-state index in [-0.39, 0.29) is 18.0 Å². The van der Waals surface area contributed by atoms with Crippen molar-refractivity contribution >= 4 is 28.6 Å². The number of halogens is 4. The minimum Gasteiger partial charge on any atom is -0.351 e. The van der Waals surface area contributed by atoms with Crippen molar-refractivity contribution in [2.45, 2.75) is 70.2 Å². The van der Waals surface area contributed by atoms with Crippen LogP contribution in [0.2, 0.25) is 0 Å². The molecule has 3 aromatic rings. The maximum atomic E-state index is 15.2. The quantitative estimate of drug-likeness (QED) is 0.311. The summed E-state index contributed by atoms with van der Waals surface area (Å²) in [5.41, 5.74) is -2.30. The standard InChI is InChI=1S/C28H32F4N6O2/c1-13(2)38-25-14(12-33-28(36-25)34-15-5-7-16(8-6-15)37(3)4)9-18(27(38)40)17-10-21(30)24(23(32)22(17)31)35-26(39)19-11-20(19)29/h9-10,12-13,15-16,19-20H,5-8,11H2,1-4H3,(H,35,39)(H,33,34,36)/t15?,16?,19-,20+/m1/s1. The fourth-order valence-electron chi connectivity index (χ4n) is 5.34. The first-order valence-corrected chi connectivity index (χ1v) is 13.4. The summed E-state index contributed by atoms with van der Waals surface area (Å²) in [6.07, 6.45) is 4.01. The van der Waals surface area contributed by atoms with Gasteiger partial charge >= 0.3 is 0 Å². The summed E-state index contributed by atoms with van der Waals surface area (Å²) in [6, 6.07) is 2.25. The number of carbonyl (C=O) groups is 1. The Bertz CT molecular complexity index is 1520. The highest BCUT2D eigenvalue weighted by Gasteiger charge is 2.44. The summed E-state index contributed by atoms with van der Waals surface area (Å²) >= 11 is 0. The molecular formula is C28H32F4N6O2. The van der Waals surface area contributed by atoms with E-state index in [1.54, 1.807) is 13.8 Å². The number of benzene rings is 1. The molecular weight excluding hydrogens is 528 g/mol. The number of alkyl halides is 1. The van der Waals surface area contributed by atoms with Gasteiger partial charge in [-0.1, -0.05) is 0 Å². The zero-order chi connectivity index (χ0) is 28.9. The highest BCUT2D eigenvalue weighted by Crippen LogP contribution is 2.37. The van der Waals surface area contributed by atoms with E-state index in [9.17, 15) is 22.8 Å². The first-order chi connectivity index (χ1) is 19.0. The third kappa shape index (κ3) is 5.28. The third-order valence-electron chi connectivity index (χ3n) is 7.80. The van der Waals surface area contributed by atoms with Crippen LogP contribution in [-0.2, 0) is 4.79 Å². The molecule has 1 aromatic carbocycles. The van der Waals surface area contributed by atoms with Crippen molar-refractivity contribution in [3.63, 3.8) is 0 Å². The SMILES string of the molecule is CC(C)n1c(=O)c(-c2cc(F)c(NC(=O)[C@@H]3C[C@@H]3F)c(F)c2F)cc2cnc(NC3CCC(N(C)C)CC3)nc21. The summed E-state index contributed by atoms with van der Waals surface area (Å²) in [7, 11) is 4.14. The number of nitrogens with one attached hydrogen (secondary N) is 2. The monoisotopic (exact) mass is 560 g/mol. The van der Waals surface area contributed by atoms with Crippen molar-refractivity contribution in [2.24, 2.45) is 5.92 Å². The average molecular weight is 561 g/mol. The molecule has 0 spiro atoms. The maximum Gasteiger partial charge on any atom is 0.260 e. The van der Waals surface area contributed by atoms with Gasteiger partial charge in [-0.05, 0) is 72.2 Å². The molecule has 0 aliphatic heterocycles. The van der Waals surface area contributed by atoms with Gasteiger partial charge in [0.1, 0.15) is 17.5 Å². The number of nitrogens with zero attached hydrogens (tertiary/aromatic N) is 4. The number of pyridine rings is 1. The maximum absolute atomic E-state index is 15.2. The van der Waals surface area contributed by atoms with Crippen LogP contribution in [0.1, 0.15) is 52.0 Å². The van der Waals surface area contributed by atoms with Crippen LogP contribution in [0.4, 0.5) is 29.2 Å². The summed E-state index contributed by atoms with van der Waals surface area (Å²) in [6.45, 7) is 3.49. The predicted octanol–water partition coefficient (Wildman–Crippen LogP) is 5.04. The molecule has 2 atom stereocenters. The van der Waals surface area contributed by atoms with Gasteiger partial charge in [-0.25, -0.2) is 22.5 Å². The highest BCUT2D eigenvalue weighted by atomic mass is 19.2. The van der Waals surface area contributed by atoms with Gasteiger partial charge in [0.05, 0.1) is 11.5 Å². The molecule has 0 radical (unpaired) electrons. The van der Waals surface area contributed by atoms with Gasteiger partial charge in [-0.2, -0.15) is 4.98 Å². The molecule has 2 aromatic heterocycles. The molecule has 2 fully saturated rings. The van der Waals surface area contributed by atoms with Crippen LogP contribution in [0.3, 0.4) is 0 Å². The molecule has 5 rings (SSSR count). The Balaban J connectivity index is 1.49. The minimum atomic E-state index is -1.67. The number of hydrogen-bond acceptors (Lipinski definition) is 6. The van der Waals surface area contributed by atoms with Gasteiger partial charge in [0.25, 0.3) is 5.56 Å². The van der Waals surface area contributed by atoms with E-state index in [2.05, 4.69) is 34.3 Å². The molecule has 214 valence electrons. The van der Waals surface area contributed by atoms with E-state index in [0.717, 1.165) is 25.7 Å². The van der Waals surface area contributed by atoms with Crippen LogP contribution >= 0.6 is 0 Å². The zero-order valence-electron chi connectivity index (χ0n) is 22.8. The lowest BCUT2D eigenvalue weighted by atomic mass is 9.91. The molecule has 2 aliphatic rings. The molecule has 2 aliphatic carbocycles. The Morgan fingerprint density at radius 3 is 2.35 bits per heavy atom. The molecule has 2 heterocycles. The van der Waals surface area contributed by atoms with Crippen molar-refractivity contribution in [3.8, 4) is 11.1 Å². The topological polar surface area (TPSA) is 92.1 Å². The Labute approximate surface area is 228 Å². The van der Waals surface area contributed by atoms with Crippen molar-refractivity contribution in [1.29, 1.82) is 0 Å². The van der Waals surface area contributed by atoms with E-state index in [1.165, 1.54) is 16.8 Å². The van der Waals surface area contributed by atoms with Gasteiger partial charge in [0.2, 0.25) is 11.9 Å². The normalized spacial score (nSPS) is 22.6. The molecule has 2 saturated carbocycles. The summed E-state index contributed by atoms with van der Waals surface area (Å²) in [5, 5.41) is 5.66. The number of carbonyl (C=O) groups excluding carboxylic acids is 1. The first-order valence-electron chi connectivity index (χ1n) is 13.4. The van der Waals surface area contributed by atoms with Gasteiger partial charge in [-0.15, -0.1) is 0 Å². The Morgan fingerprint density at radius 2 is 1.75 bits per heavy atom. The molecule has 12 heteroatoms. The van der Waals surface area contributed by atoms with Gasteiger partial charge in [0.15, 0.2) is 17.5 Å². The third-order valence-corrected chi connectivity index (χ3v) is 7.80. The first kappa shape index (κ1) is 28.0. The number of anilines is 2. The van der Waals surface area contributed by atoms with Crippen molar-refractivity contribution in [1.82, 2.24) is 19.4 Å². The molecule has 0 unspecified atom stereocenters. The summed E-state index contributed by atoms with van der Waals surface area (Å²) < 4.78 is 59.6. The Kier molecular flexibility index (Phi) is 7.56. The second-order valence-corrected chi connectivity index (χ2v) is 11.2. The van der Waals surface area contributed by atoms with E-state index < -0.39 is 58.3 Å². The molecule has 1 amide bonds. The van der Waals surface area contributed by atoms with Crippen LogP contribution in [0.25, 0.3) is 22.2 Å². The second-order valence-electron chi connectivity index (χ2n) is 11.2. The largest absolute Gasteiger partial charge is 0.351 e. The Morgan fingerprint density at radius 1 is 1.07 bits per heavy atom. The van der Waals surface area contributed by atoms with E-state index >= 15 is 4.39 Å². The lowest BCUT2D eigenvalue weighted by molar-refractivity contribution is -0.117. The van der Waals surface area contributed by atoms with Crippen molar-refractivity contribution in [3.05, 3.63) is 46.1 Å². The Hall–Kier alpha value is -3.54. The number of amides is 1. The van der Waals surface area contributed by atoms with Gasteiger partial charge < -0.3 is 15.5 Å². The highest BCUT2D eigenvalue weighted by molar-refractivity contribution is 5.95. The fourth-order valence-corrected chi connectivity index (χ4v) is 5.34. The van der Waals surface area contributed by atoms with Crippen molar-refractivity contribution in [2.75, 3.05) is 24.7 Å². The van der Waals surface area contributed by atoms with E-state index in [4.69, 9.17) is 0 Å². The lowest BCUT2D eigenvalue weighted by Gasteiger charge is -2.33. The lowest BCUT2D eigenvalue weighted by Crippen LogP contribution is -2.36. The number of aromatic nitrogens is 3. The summed E-state index contributed by atoms with van der Waals surface area (Å²) in [5.74, 6) is -6.06. The molecule has 8 nitrogen and oxygen atoms in total. The van der Waals surface area contributed by atoms with Crippen LogP contribution in [0.15, 0.2) is 23.1 Å². The minimum absolute atomic E-state index is 0.0572. The van der Waals surface area contributed by atoms with E-state index in [0.29, 0.717) is 29.1 Å². The van der Waals surface area contributed by atoms with Crippen LogP contribution < -0.4 is 16.2 Å². The number of hydrogen-bond donors (Lipinski definition) is 2. The van der Waals surface area contributed by atoms with Crippen molar-refractivity contribution < 1.29 is 22.4 Å². The number of fused-ring (bicyclic) bond motifs is 1. The smallest absolute Gasteiger partial charge is 0.260 e. The molecule has 2 N–H and O–H groups in total. The average Bonchev–Trinajstić information content (AvgIpc) is 3.65. The predicted molar refractivity (Wildman–Crippen MR) is 144 cm³/mol. The second kappa shape index (κ2) is 10.8. The zero-order valence-corrected chi connectivity index (χ0v) is 22.8. The van der Waals surface area contributed by atoms with E-state index in [1.807, 2.05) is 5.32 Å². The van der Waals surface area contributed by atoms with Gasteiger partial charge in [-0.3, -0.25) is 14.2 Å². The molecule has 0 bridgehead atoms.